The number of carbonyl (C=O) groups is 3. The molecule has 0 saturated carbocycles. The molecule has 0 atom stereocenters. The van der Waals surface area contributed by atoms with E-state index in [0.29, 0.717) is 29.2 Å². The number of hydrogen-bond acceptors (Lipinski definition) is 4. The molecule has 0 aliphatic rings. The van der Waals surface area contributed by atoms with Crippen molar-refractivity contribution >= 4 is 34.8 Å². The Bertz CT molecular complexity index is 847. The first-order chi connectivity index (χ1) is 13.9. The van der Waals surface area contributed by atoms with Crippen LogP contribution < -0.4 is 21.3 Å². The van der Waals surface area contributed by atoms with E-state index in [1.165, 1.54) is 0 Å². The Labute approximate surface area is 171 Å². The first-order valence-corrected chi connectivity index (χ1v) is 9.72. The summed E-state index contributed by atoms with van der Waals surface area (Å²) >= 11 is 0. The van der Waals surface area contributed by atoms with Gasteiger partial charge in [-0.1, -0.05) is 26.8 Å². The van der Waals surface area contributed by atoms with E-state index < -0.39 is 0 Å². The lowest BCUT2D eigenvalue weighted by molar-refractivity contribution is -0.119. The van der Waals surface area contributed by atoms with Gasteiger partial charge in [0, 0.05) is 35.1 Å². The van der Waals surface area contributed by atoms with Crippen molar-refractivity contribution < 1.29 is 14.4 Å². The van der Waals surface area contributed by atoms with Crippen molar-refractivity contribution in [1.29, 1.82) is 0 Å². The molecule has 4 N–H and O–H groups in total. The lowest BCUT2D eigenvalue weighted by Gasteiger charge is -2.11. The molecule has 0 radical (unpaired) electrons. The second-order valence-corrected chi connectivity index (χ2v) is 6.96. The van der Waals surface area contributed by atoms with Gasteiger partial charge in [0.2, 0.25) is 11.8 Å². The summed E-state index contributed by atoms with van der Waals surface area (Å²) in [5.74, 6) is -0.511. The largest absolute Gasteiger partial charge is 0.376 e. The maximum atomic E-state index is 12.2. The SMILES string of the molecule is CCCNC(=O)c1cccc(NCC(=O)Nc2ccc(NC(=O)C(C)C)cc2)c1. The number of benzene rings is 2. The van der Waals surface area contributed by atoms with E-state index in [4.69, 9.17) is 0 Å². The average molecular weight is 396 g/mol. The van der Waals surface area contributed by atoms with E-state index >= 15 is 0 Å². The standard InChI is InChI=1S/C22H28N4O3/c1-4-12-23-22(29)16-6-5-7-19(13-16)24-14-20(27)25-17-8-10-18(11-9-17)26-21(28)15(2)3/h5-11,13,15,24H,4,12,14H2,1-3H3,(H,23,29)(H,25,27)(H,26,28). The van der Waals surface area contributed by atoms with Crippen LogP contribution in [0.4, 0.5) is 17.1 Å². The van der Waals surface area contributed by atoms with Crippen LogP contribution in [0.5, 0.6) is 0 Å². The zero-order valence-corrected chi connectivity index (χ0v) is 17.0. The Balaban J connectivity index is 1.85. The van der Waals surface area contributed by atoms with Gasteiger partial charge in [0.1, 0.15) is 0 Å². The summed E-state index contributed by atoms with van der Waals surface area (Å²) in [6.45, 7) is 6.32. The highest BCUT2D eigenvalue weighted by Gasteiger charge is 2.08. The van der Waals surface area contributed by atoms with Gasteiger partial charge >= 0.3 is 0 Å². The average Bonchev–Trinajstić information content (AvgIpc) is 2.72. The van der Waals surface area contributed by atoms with Crippen molar-refractivity contribution in [3.05, 3.63) is 54.1 Å². The first kappa shape index (κ1) is 21.9. The minimum Gasteiger partial charge on any atom is -0.376 e. The van der Waals surface area contributed by atoms with E-state index in [1.54, 1.807) is 48.5 Å². The fourth-order valence-corrected chi connectivity index (χ4v) is 2.42. The zero-order valence-electron chi connectivity index (χ0n) is 17.0. The molecule has 3 amide bonds. The molecular weight excluding hydrogens is 368 g/mol. The number of hydrogen-bond donors (Lipinski definition) is 4. The van der Waals surface area contributed by atoms with Crippen LogP contribution in [-0.4, -0.2) is 30.8 Å². The van der Waals surface area contributed by atoms with Gasteiger partial charge in [0.25, 0.3) is 5.91 Å². The molecule has 2 rings (SSSR count). The molecule has 0 fully saturated rings. The molecule has 0 aliphatic carbocycles. The summed E-state index contributed by atoms with van der Waals surface area (Å²) < 4.78 is 0. The summed E-state index contributed by atoms with van der Waals surface area (Å²) in [6, 6.07) is 13.9. The Kier molecular flexibility index (Phi) is 8.21. The van der Waals surface area contributed by atoms with Crippen LogP contribution in [0.25, 0.3) is 0 Å². The quantitative estimate of drug-likeness (QED) is 0.521. The Morgan fingerprint density at radius 1 is 0.897 bits per heavy atom. The van der Waals surface area contributed by atoms with Gasteiger partial charge in [-0.05, 0) is 48.9 Å². The third-order valence-electron chi connectivity index (χ3n) is 4.07. The first-order valence-electron chi connectivity index (χ1n) is 9.72. The molecule has 0 aliphatic heterocycles. The monoisotopic (exact) mass is 396 g/mol. The molecule has 0 heterocycles. The molecule has 7 heteroatoms. The van der Waals surface area contributed by atoms with Gasteiger partial charge in [-0.25, -0.2) is 0 Å². The number of amides is 3. The highest BCUT2D eigenvalue weighted by Crippen LogP contribution is 2.15. The smallest absolute Gasteiger partial charge is 0.251 e. The van der Waals surface area contributed by atoms with Crippen LogP contribution in [-0.2, 0) is 9.59 Å². The minimum atomic E-state index is -0.218. The van der Waals surface area contributed by atoms with Crippen molar-refractivity contribution in [2.75, 3.05) is 29.0 Å². The van der Waals surface area contributed by atoms with Crippen molar-refractivity contribution in [2.45, 2.75) is 27.2 Å². The zero-order chi connectivity index (χ0) is 21.2. The summed E-state index contributed by atoms with van der Waals surface area (Å²) in [4.78, 5) is 35.9. The molecule has 154 valence electrons. The fraction of sp³-hybridized carbons (Fsp3) is 0.318. The van der Waals surface area contributed by atoms with E-state index in [-0.39, 0.29) is 30.2 Å². The van der Waals surface area contributed by atoms with Crippen LogP contribution in [0.2, 0.25) is 0 Å². The third-order valence-corrected chi connectivity index (χ3v) is 4.07. The van der Waals surface area contributed by atoms with E-state index in [9.17, 15) is 14.4 Å². The summed E-state index contributed by atoms with van der Waals surface area (Å²) in [6.07, 6.45) is 0.870. The molecule has 0 saturated heterocycles. The van der Waals surface area contributed by atoms with Gasteiger partial charge in [0.05, 0.1) is 6.54 Å². The molecule has 2 aromatic rings. The van der Waals surface area contributed by atoms with Crippen LogP contribution in [0.15, 0.2) is 48.5 Å². The summed E-state index contributed by atoms with van der Waals surface area (Å²) in [5.41, 5.74) is 2.55. The number of carbonyl (C=O) groups excluding carboxylic acids is 3. The number of anilines is 3. The Morgan fingerprint density at radius 2 is 1.55 bits per heavy atom. The van der Waals surface area contributed by atoms with Crippen molar-refractivity contribution in [1.82, 2.24) is 5.32 Å². The maximum Gasteiger partial charge on any atom is 0.251 e. The second kappa shape index (κ2) is 10.8. The Hall–Kier alpha value is -3.35. The van der Waals surface area contributed by atoms with Gasteiger partial charge in [-0.15, -0.1) is 0 Å². The van der Waals surface area contributed by atoms with Crippen LogP contribution >= 0.6 is 0 Å². The molecular formula is C22H28N4O3. The van der Waals surface area contributed by atoms with E-state index in [1.807, 2.05) is 20.8 Å². The maximum absolute atomic E-state index is 12.2. The molecule has 0 unspecified atom stereocenters. The number of rotatable bonds is 9. The lowest BCUT2D eigenvalue weighted by atomic mass is 10.2. The Morgan fingerprint density at radius 3 is 2.17 bits per heavy atom. The second-order valence-electron chi connectivity index (χ2n) is 6.96. The summed E-state index contributed by atoms with van der Waals surface area (Å²) in [5, 5.41) is 11.4. The minimum absolute atomic E-state index is 0.0587. The predicted octanol–water partition coefficient (Wildman–Crippen LogP) is 3.47. The fourth-order valence-electron chi connectivity index (χ4n) is 2.42. The molecule has 29 heavy (non-hydrogen) atoms. The molecule has 2 aromatic carbocycles. The van der Waals surface area contributed by atoms with E-state index in [0.717, 1.165) is 6.42 Å². The summed E-state index contributed by atoms with van der Waals surface area (Å²) in [7, 11) is 0. The topological polar surface area (TPSA) is 99.3 Å². The molecule has 0 bridgehead atoms. The van der Waals surface area contributed by atoms with Gasteiger partial charge < -0.3 is 21.3 Å². The van der Waals surface area contributed by atoms with Crippen molar-refractivity contribution in [2.24, 2.45) is 5.92 Å². The van der Waals surface area contributed by atoms with Gasteiger partial charge in [-0.2, -0.15) is 0 Å². The van der Waals surface area contributed by atoms with Crippen molar-refractivity contribution in [3.8, 4) is 0 Å². The van der Waals surface area contributed by atoms with Crippen LogP contribution in [0, 0.1) is 5.92 Å². The lowest BCUT2D eigenvalue weighted by Crippen LogP contribution is -2.24. The molecule has 0 spiro atoms. The van der Waals surface area contributed by atoms with Crippen LogP contribution in [0.3, 0.4) is 0 Å². The third kappa shape index (κ3) is 7.29. The van der Waals surface area contributed by atoms with Gasteiger partial charge in [-0.3, -0.25) is 14.4 Å². The predicted molar refractivity (Wildman–Crippen MR) is 116 cm³/mol. The molecule has 0 aromatic heterocycles. The molecule has 7 nitrogen and oxygen atoms in total. The normalized spacial score (nSPS) is 10.3. The van der Waals surface area contributed by atoms with E-state index in [2.05, 4.69) is 21.3 Å². The van der Waals surface area contributed by atoms with Gasteiger partial charge in [0.15, 0.2) is 0 Å². The number of nitrogens with one attached hydrogen (secondary N) is 4. The van der Waals surface area contributed by atoms with Crippen LogP contribution in [0.1, 0.15) is 37.6 Å². The highest BCUT2D eigenvalue weighted by molar-refractivity contribution is 5.96. The van der Waals surface area contributed by atoms with Crippen molar-refractivity contribution in [3.63, 3.8) is 0 Å². The highest BCUT2D eigenvalue weighted by atomic mass is 16.2.